The maximum Gasteiger partial charge on any atom is 0.324 e. The van der Waals surface area contributed by atoms with Crippen molar-refractivity contribution in [2.75, 3.05) is 26.8 Å². The van der Waals surface area contributed by atoms with Gasteiger partial charge in [-0.3, -0.25) is 14.6 Å². The molecule has 0 radical (unpaired) electrons. The lowest BCUT2D eigenvalue weighted by molar-refractivity contribution is -0.137. The largest absolute Gasteiger partial charge is 0.365 e. The standard InChI is InChI=1S/C21H34N4O2/c1-3-4-10-24-11-5-12-25(16-24)17-6-8-20(9-7-17)14-21(15-20)13-18(26)23(2)19(27)22-21/h5,11,17H,3-4,6-10,12-16H2,1-2H3,(H,22,27). The van der Waals surface area contributed by atoms with Crippen LogP contribution < -0.4 is 5.32 Å². The van der Waals surface area contributed by atoms with Crippen LogP contribution >= 0.6 is 0 Å². The third-order valence-corrected chi connectivity index (χ3v) is 7.32. The molecule has 0 bridgehead atoms. The van der Waals surface area contributed by atoms with E-state index in [1.807, 2.05) is 0 Å². The number of hydrogen-bond donors (Lipinski definition) is 1. The van der Waals surface area contributed by atoms with Crippen molar-refractivity contribution in [1.29, 1.82) is 0 Å². The second kappa shape index (κ2) is 7.12. The Morgan fingerprint density at radius 2 is 1.96 bits per heavy atom. The normalized spacial score (nSPS) is 37.0. The van der Waals surface area contributed by atoms with E-state index in [1.54, 1.807) is 7.05 Å². The van der Waals surface area contributed by atoms with Gasteiger partial charge in [0.15, 0.2) is 0 Å². The molecule has 2 aliphatic carbocycles. The maximum absolute atomic E-state index is 12.1. The minimum absolute atomic E-state index is 0.0328. The smallest absolute Gasteiger partial charge is 0.324 e. The van der Waals surface area contributed by atoms with Gasteiger partial charge in [0.05, 0.1) is 18.6 Å². The number of nitrogens with zero attached hydrogens (tertiary/aromatic N) is 3. The molecule has 1 saturated heterocycles. The van der Waals surface area contributed by atoms with E-state index in [0.717, 1.165) is 32.6 Å². The first-order chi connectivity index (χ1) is 12.9. The number of unbranched alkanes of at least 4 members (excludes halogenated alkanes) is 1. The van der Waals surface area contributed by atoms with Crippen molar-refractivity contribution in [1.82, 2.24) is 20.0 Å². The number of rotatable bonds is 4. The van der Waals surface area contributed by atoms with Crippen LogP contribution in [0.15, 0.2) is 12.3 Å². The molecule has 2 spiro atoms. The first-order valence-electron chi connectivity index (χ1n) is 10.7. The summed E-state index contributed by atoms with van der Waals surface area (Å²) in [6, 6.07) is 0.456. The lowest BCUT2D eigenvalue weighted by atomic mass is 9.50. The molecule has 2 aliphatic heterocycles. The molecule has 150 valence electrons. The van der Waals surface area contributed by atoms with Gasteiger partial charge in [-0.2, -0.15) is 0 Å². The number of amides is 3. The van der Waals surface area contributed by atoms with Gasteiger partial charge in [0, 0.05) is 26.2 Å². The average molecular weight is 375 g/mol. The van der Waals surface area contributed by atoms with Crippen molar-refractivity contribution in [3.05, 3.63) is 12.3 Å². The Labute approximate surface area is 162 Å². The first kappa shape index (κ1) is 18.8. The SMILES string of the molecule is CCCCN1C=CCN(C2CCC3(CC2)CC2(CC(=O)N(C)C(=O)N2)C3)C1. The molecule has 0 aromatic rings. The molecule has 27 heavy (non-hydrogen) atoms. The van der Waals surface area contributed by atoms with E-state index in [-0.39, 0.29) is 17.5 Å². The van der Waals surface area contributed by atoms with E-state index >= 15 is 0 Å². The maximum atomic E-state index is 12.1. The van der Waals surface area contributed by atoms with Crippen LogP contribution in [0.2, 0.25) is 0 Å². The number of hydrogen-bond acceptors (Lipinski definition) is 4. The summed E-state index contributed by atoms with van der Waals surface area (Å²) in [5.74, 6) is -0.0328. The Balaban J connectivity index is 1.28. The summed E-state index contributed by atoms with van der Waals surface area (Å²) in [5.41, 5.74) is 0.103. The second-order valence-corrected chi connectivity index (χ2v) is 9.39. The Kier molecular flexibility index (Phi) is 4.95. The van der Waals surface area contributed by atoms with Gasteiger partial charge in [0.1, 0.15) is 0 Å². The highest BCUT2D eigenvalue weighted by Crippen LogP contribution is 2.58. The highest BCUT2D eigenvalue weighted by Gasteiger charge is 2.58. The zero-order valence-electron chi connectivity index (χ0n) is 16.9. The molecule has 2 saturated carbocycles. The van der Waals surface area contributed by atoms with Crippen LogP contribution in [0, 0.1) is 5.41 Å². The lowest BCUT2D eigenvalue weighted by Crippen LogP contribution is -2.69. The van der Waals surface area contributed by atoms with Crippen molar-refractivity contribution >= 4 is 11.9 Å². The predicted molar refractivity (Wildman–Crippen MR) is 105 cm³/mol. The summed E-state index contributed by atoms with van der Waals surface area (Å²) in [6.07, 6.45) is 14.5. The van der Waals surface area contributed by atoms with Crippen LogP contribution in [-0.2, 0) is 4.79 Å². The van der Waals surface area contributed by atoms with E-state index in [0.29, 0.717) is 17.9 Å². The van der Waals surface area contributed by atoms with E-state index in [2.05, 4.69) is 34.3 Å². The molecule has 0 unspecified atom stereocenters. The van der Waals surface area contributed by atoms with Crippen LogP contribution in [0.3, 0.4) is 0 Å². The molecule has 2 heterocycles. The van der Waals surface area contributed by atoms with Gasteiger partial charge < -0.3 is 10.2 Å². The van der Waals surface area contributed by atoms with Gasteiger partial charge in [-0.1, -0.05) is 19.4 Å². The molecular formula is C21H34N4O2. The van der Waals surface area contributed by atoms with E-state index < -0.39 is 0 Å². The summed E-state index contributed by atoms with van der Waals surface area (Å²) in [4.78, 5) is 30.4. The van der Waals surface area contributed by atoms with Crippen LogP contribution in [0.1, 0.15) is 64.7 Å². The molecule has 6 heteroatoms. The minimum Gasteiger partial charge on any atom is -0.365 e. The number of carbonyl (C=O) groups excluding carboxylic acids is 2. The fraction of sp³-hybridized carbons (Fsp3) is 0.810. The van der Waals surface area contributed by atoms with E-state index in [1.165, 1.54) is 43.4 Å². The molecule has 3 amide bonds. The Morgan fingerprint density at radius 1 is 1.22 bits per heavy atom. The summed E-state index contributed by atoms with van der Waals surface area (Å²) in [5, 5.41) is 3.12. The molecule has 6 nitrogen and oxygen atoms in total. The number of nitrogens with one attached hydrogen (secondary N) is 1. The van der Waals surface area contributed by atoms with Crippen molar-refractivity contribution in [2.45, 2.75) is 76.3 Å². The quantitative estimate of drug-likeness (QED) is 0.822. The van der Waals surface area contributed by atoms with Crippen molar-refractivity contribution in [3.63, 3.8) is 0 Å². The minimum atomic E-state index is -0.252. The summed E-state index contributed by atoms with van der Waals surface area (Å²) in [6.45, 7) is 5.54. The predicted octanol–water partition coefficient (Wildman–Crippen LogP) is 2.91. The van der Waals surface area contributed by atoms with Crippen LogP contribution in [0.25, 0.3) is 0 Å². The molecule has 0 aromatic carbocycles. The average Bonchev–Trinajstić information content (AvgIpc) is 2.64. The third-order valence-electron chi connectivity index (χ3n) is 7.32. The van der Waals surface area contributed by atoms with E-state index in [4.69, 9.17) is 0 Å². The highest BCUT2D eigenvalue weighted by atomic mass is 16.2. The van der Waals surface area contributed by atoms with Gasteiger partial charge in [-0.15, -0.1) is 0 Å². The van der Waals surface area contributed by atoms with Gasteiger partial charge in [0.25, 0.3) is 0 Å². The fourth-order valence-corrected chi connectivity index (χ4v) is 5.85. The number of carbonyl (C=O) groups is 2. The lowest BCUT2D eigenvalue weighted by Gasteiger charge is -2.60. The van der Waals surface area contributed by atoms with Crippen molar-refractivity contribution in [2.24, 2.45) is 5.41 Å². The zero-order chi connectivity index (χ0) is 19.1. The van der Waals surface area contributed by atoms with Gasteiger partial charge in [-0.05, 0) is 56.6 Å². The van der Waals surface area contributed by atoms with Crippen LogP contribution in [0.4, 0.5) is 4.79 Å². The Morgan fingerprint density at radius 3 is 2.63 bits per heavy atom. The van der Waals surface area contributed by atoms with Crippen LogP contribution in [-0.4, -0.2) is 65.0 Å². The monoisotopic (exact) mass is 374 g/mol. The molecule has 4 rings (SSSR count). The molecule has 0 atom stereocenters. The molecule has 1 N–H and O–H groups in total. The second-order valence-electron chi connectivity index (χ2n) is 9.39. The van der Waals surface area contributed by atoms with E-state index in [9.17, 15) is 9.59 Å². The van der Waals surface area contributed by atoms with Gasteiger partial charge in [0.2, 0.25) is 5.91 Å². The topological polar surface area (TPSA) is 55.9 Å². The first-order valence-corrected chi connectivity index (χ1v) is 10.7. The highest BCUT2D eigenvalue weighted by molar-refractivity contribution is 5.97. The van der Waals surface area contributed by atoms with Crippen molar-refractivity contribution < 1.29 is 9.59 Å². The van der Waals surface area contributed by atoms with Crippen LogP contribution in [0.5, 0.6) is 0 Å². The summed E-state index contributed by atoms with van der Waals surface area (Å²) < 4.78 is 0. The molecular weight excluding hydrogens is 340 g/mol. The molecule has 0 aromatic heterocycles. The number of urea groups is 1. The molecule has 3 fully saturated rings. The fourth-order valence-electron chi connectivity index (χ4n) is 5.85. The zero-order valence-corrected chi connectivity index (χ0v) is 16.9. The summed E-state index contributed by atoms with van der Waals surface area (Å²) in [7, 11) is 1.57. The number of imide groups is 1. The Hall–Kier alpha value is -1.56. The summed E-state index contributed by atoms with van der Waals surface area (Å²) >= 11 is 0. The molecule has 4 aliphatic rings. The Bertz CT molecular complexity index is 596. The van der Waals surface area contributed by atoms with Crippen molar-refractivity contribution in [3.8, 4) is 0 Å². The van der Waals surface area contributed by atoms with Gasteiger partial charge >= 0.3 is 6.03 Å². The third kappa shape index (κ3) is 3.60. The van der Waals surface area contributed by atoms with Gasteiger partial charge in [-0.25, -0.2) is 4.79 Å².